The van der Waals surface area contributed by atoms with Gasteiger partial charge in [-0.2, -0.15) is 0 Å². The lowest BCUT2D eigenvalue weighted by atomic mass is 10.1. The number of aromatic nitrogens is 2. The van der Waals surface area contributed by atoms with Crippen LogP contribution in [0.4, 0.5) is 10.3 Å². The highest BCUT2D eigenvalue weighted by Gasteiger charge is 2.06. The fraction of sp³-hybridized carbons (Fsp3) is 0.143. The minimum absolute atomic E-state index is 0. The van der Waals surface area contributed by atoms with Gasteiger partial charge in [0.2, 0.25) is 0 Å². The van der Waals surface area contributed by atoms with Gasteiger partial charge in [-0.25, -0.2) is 9.97 Å². The summed E-state index contributed by atoms with van der Waals surface area (Å²) in [4.78, 5) is 10.3. The maximum Gasteiger partial charge on any atom is 0.183 e. The van der Waals surface area contributed by atoms with Crippen molar-refractivity contribution in [3.05, 3.63) is 82.2 Å². The Morgan fingerprint density at radius 2 is 1.59 bits per heavy atom. The Bertz CT molecular complexity index is 1000. The molecule has 4 nitrogen and oxygen atoms in total. The van der Waals surface area contributed by atoms with Crippen LogP contribution in [0.5, 0.6) is 0 Å². The zero-order valence-electron chi connectivity index (χ0n) is 15.7. The molecule has 4 rings (SSSR count). The van der Waals surface area contributed by atoms with Crippen molar-refractivity contribution in [3.8, 4) is 11.3 Å². The number of halogens is 2. The van der Waals surface area contributed by atoms with E-state index in [9.17, 15) is 0 Å². The van der Waals surface area contributed by atoms with Gasteiger partial charge in [-0.1, -0.05) is 60.2 Å². The molecule has 2 aromatic carbocycles. The predicted octanol–water partition coefficient (Wildman–Crippen LogP) is -0.193. The Hall–Kier alpha value is -2.12. The first kappa shape index (κ1) is 23.2. The van der Waals surface area contributed by atoms with Crippen LogP contribution in [0.25, 0.3) is 11.3 Å². The minimum Gasteiger partial charge on any atom is -1.00 e. The van der Waals surface area contributed by atoms with Crippen molar-refractivity contribution >= 4 is 32.9 Å². The molecule has 0 saturated heterocycles. The van der Waals surface area contributed by atoms with Gasteiger partial charge >= 0.3 is 0 Å². The summed E-state index contributed by atoms with van der Waals surface area (Å²) in [7, 11) is 0. The van der Waals surface area contributed by atoms with Crippen molar-refractivity contribution in [2.45, 2.75) is 20.0 Å². The SMILES string of the molecule is Cc1ccc(-c2csc(NCc3cnc(NCc4ccccc4)s3)n2)cc1.[Cl-].[Cl-]. The van der Waals surface area contributed by atoms with E-state index in [0.717, 1.165) is 34.6 Å². The third kappa shape index (κ3) is 6.44. The largest absolute Gasteiger partial charge is 1.00 e. The molecule has 2 heterocycles. The Morgan fingerprint density at radius 1 is 0.862 bits per heavy atom. The molecular formula is C21H20Cl2N4S2-2. The molecule has 2 N–H and O–H groups in total. The number of hydrogen-bond acceptors (Lipinski definition) is 6. The lowest BCUT2D eigenvalue weighted by Gasteiger charge is -2.02. The van der Waals surface area contributed by atoms with Gasteiger partial charge in [-0.05, 0) is 12.5 Å². The van der Waals surface area contributed by atoms with Gasteiger partial charge < -0.3 is 35.4 Å². The molecule has 0 saturated carbocycles. The second-order valence-corrected chi connectivity index (χ2v) is 8.20. The number of thiazole rings is 2. The van der Waals surface area contributed by atoms with Gasteiger partial charge in [-0.3, -0.25) is 0 Å². The van der Waals surface area contributed by atoms with Crippen LogP contribution in [0.15, 0.2) is 66.2 Å². The van der Waals surface area contributed by atoms with Crippen LogP contribution in [0.3, 0.4) is 0 Å². The van der Waals surface area contributed by atoms with Crippen molar-refractivity contribution < 1.29 is 24.8 Å². The standard InChI is InChI=1S/C21H20N4S2.2ClH/c1-15-7-9-17(10-8-15)19-14-26-21(25-19)24-13-18-12-23-20(27-18)22-11-16-5-3-2-4-6-16;;/h2-10,12,14H,11,13H2,1H3,(H,22,23)(H,24,25);2*1H/p-2. The average Bonchev–Trinajstić information content (AvgIpc) is 3.36. The molecule has 0 fully saturated rings. The quantitative estimate of drug-likeness (QED) is 0.399. The first-order valence-corrected chi connectivity index (χ1v) is 10.4. The molecule has 0 bridgehead atoms. The third-order valence-corrected chi connectivity index (χ3v) is 5.86. The van der Waals surface area contributed by atoms with Gasteiger partial charge in [0, 0.05) is 28.6 Å². The smallest absolute Gasteiger partial charge is 0.183 e. The van der Waals surface area contributed by atoms with Gasteiger partial charge in [0.15, 0.2) is 10.3 Å². The Balaban J connectivity index is 0.00000150. The fourth-order valence-electron chi connectivity index (χ4n) is 2.62. The van der Waals surface area contributed by atoms with Gasteiger partial charge in [0.25, 0.3) is 0 Å². The highest BCUT2D eigenvalue weighted by molar-refractivity contribution is 7.15. The summed E-state index contributed by atoms with van der Waals surface area (Å²) in [6.45, 7) is 3.61. The molecule has 0 amide bonds. The summed E-state index contributed by atoms with van der Waals surface area (Å²) < 4.78 is 0. The first-order chi connectivity index (χ1) is 13.3. The highest BCUT2D eigenvalue weighted by atomic mass is 35.5. The van der Waals surface area contributed by atoms with Crippen LogP contribution in [0.2, 0.25) is 0 Å². The molecule has 0 spiro atoms. The molecule has 0 unspecified atom stereocenters. The van der Waals surface area contributed by atoms with Gasteiger partial charge in [0.05, 0.1) is 12.2 Å². The van der Waals surface area contributed by atoms with E-state index in [1.54, 1.807) is 22.7 Å². The number of nitrogens with zero attached hydrogens (tertiary/aromatic N) is 2. The van der Waals surface area contributed by atoms with Crippen LogP contribution >= 0.6 is 22.7 Å². The van der Waals surface area contributed by atoms with E-state index < -0.39 is 0 Å². The fourth-order valence-corrected chi connectivity index (χ4v) is 4.09. The van der Waals surface area contributed by atoms with Crippen molar-refractivity contribution in [3.63, 3.8) is 0 Å². The van der Waals surface area contributed by atoms with Crippen molar-refractivity contribution in [1.82, 2.24) is 9.97 Å². The maximum atomic E-state index is 4.68. The average molecular weight is 463 g/mol. The summed E-state index contributed by atoms with van der Waals surface area (Å²) >= 11 is 3.30. The van der Waals surface area contributed by atoms with Crippen LogP contribution in [-0.4, -0.2) is 9.97 Å². The second kappa shape index (κ2) is 11.2. The van der Waals surface area contributed by atoms with Gasteiger partial charge in [0.1, 0.15) is 0 Å². The van der Waals surface area contributed by atoms with E-state index in [4.69, 9.17) is 0 Å². The molecule has 0 aliphatic heterocycles. The molecule has 2 aromatic heterocycles. The number of benzene rings is 2. The number of rotatable bonds is 7. The van der Waals surface area contributed by atoms with E-state index >= 15 is 0 Å². The van der Waals surface area contributed by atoms with Crippen LogP contribution < -0.4 is 35.4 Å². The van der Waals surface area contributed by atoms with Crippen molar-refractivity contribution in [2.75, 3.05) is 10.6 Å². The van der Waals surface area contributed by atoms with Crippen LogP contribution in [0, 0.1) is 6.92 Å². The Morgan fingerprint density at radius 3 is 2.34 bits per heavy atom. The minimum atomic E-state index is 0. The van der Waals surface area contributed by atoms with E-state index in [-0.39, 0.29) is 24.8 Å². The molecule has 29 heavy (non-hydrogen) atoms. The summed E-state index contributed by atoms with van der Waals surface area (Å²) in [6.07, 6.45) is 1.92. The van der Waals surface area contributed by atoms with E-state index in [1.165, 1.54) is 16.0 Å². The monoisotopic (exact) mass is 462 g/mol. The van der Waals surface area contributed by atoms with Crippen LogP contribution in [0.1, 0.15) is 16.0 Å². The second-order valence-electron chi connectivity index (χ2n) is 6.23. The maximum absolute atomic E-state index is 4.68. The lowest BCUT2D eigenvalue weighted by Crippen LogP contribution is -3.00. The molecule has 0 atom stereocenters. The molecular weight excluding hydrogens is 443 g/mol. The van der Waals surface area contributed by atoms with E-state index in [1.807, 2.05) is 24.4 Å². The number of aryl methyl sites for hydroxylation is 1. The zero-order chi connectivity index (χ0) is 18.5. The molecule has 152 valence electrons. The highest BCUT2D eigenvalue weighted by Crippen LogP contribution is 2.26. The summed E-state index contributed by atoms with van der Waals surface area (Å²) in [5.74, 6) is 0. The Kier molecular flexibility index (Phi) is 8.92. The Labute approximate surface area is 191 Å². The molecule has 0 aliphatic carbocycles. The molecule has 0 radical (unpaired) electrons. The van der Waals surface area contributed by atoms with Crippen LogP contribution in [-0.2, 0) is 13.1 Å². The van der Waals surface area contributed by atoms with Gasteiger partial charge in [-0.15, -0.1) is 22.7 Å². The molecule has 0 aliphatic rings. The molecule has 4 aromatic rings. The third-order valence-electron chi connectivity index (χ3n) is 4.11. The van der Waals surface area contributed by atoms with E-state index in [2.05, 4.69) is 69.3 Å². The number of anilines is 2. The summed E-state index contributed by atoms with van der Waals surface area (Å²) in [5, 5.41) is 10.7. The first-order valence-electron chi connectivity index (χ1n) is 8.75. The topological polar surface area (TPSA) is 49.8 Å². The molecule has 8 heteroatoms. The summed E-state index contributed by atoms with van der Waals surface area (Å²) in [5.41, 5.74) is 4.67. The summed E-state index contributed by atoms with van der Waals surface area (Å²) in [6, 6.07) is 18.8. The lowest BCUT2D eigenvalue weighted by molar-refractivity contribution is -0.00100. The van der Waals surface area contributed by atoms with E-state index in [0.29, 0.717) is 0 Å². The van der Waals surface area contributed by atoms with Crippen molar-refractivity contribution in [1.29, 1.82) is 0 Å². The zero-order valence-corrected chi connectivity index (χ0v) is 18.9. The normalized spacial score (nSPS) is 9.97. The number of hydrogen-bond donors (Lipinski definition) is 2. The predicted molar refractivity (Wildman–Crippen MR) is 115 cm³/mol. The number of nitrogens with one attached hydrogen (secondary N) is 2. The van der Waals surface area contributed by atoms with Crippen molar-refractivity contribution in [2.24, 2.45) is 0 Å².